The molecule has 0 aromatic heterocycles. The van der Waals surface area contributed by atoms with Crippen LogP contribution in [0.5, 0.6) is 0 Å². The Labute approximate surface area is 75.2 Å². The number of aliphatic imine (C=N–C) groups is 1. The Morgan fingerprint density at radius 2 is 1.83 bits per heavy atom. The van der Waals surface area contributed by atoms with Gasteiger partial charge in [0.2, 0.25) is 0 Å². The Balaban J connectivity index is 4.91. The van der Waals surface area contributed by atoms with Crippen molar-refractivity contribution in [2.75, 3.05) is 0 Å². The van der Waals surface area contributed by atoms with Crippen LogP contribution in [0, 0.1) is 0 Å². The van der Waals surface area contributed by atoms with Gasteiger partial charge in [0, 0.05) is 5.71 Å². The Hall–Kier alpha value is -1.11. The Morgan fingerprint density at radius 3 is 2.17 bits per heavy atom. The van der Waals surface area contributed by atoms with Gasteiger partial charge in [0.05, 0.1) is 5.70 Å². The molecule has 1 nitrogen and oxygen atoms in total. The molecule has 0 aliphatic carbocycles. The molecule has 0 aliphatic heterocycles. The maximum absolute atomic E-state index is 4.38. The molecule has 0 N–H and O–H groups in total. The van der Waals surface area contributed by atoms with Crippen LogP contribution in [-0.4, -0.2) is 5.71 Å². The Morgan fingerprint density at radius 1 is 1.25 bits per heavy atom. The highest BCUT2D eigenvalue weighted by Crippen LogP contribution is 2.08. The maximum Gasteiger partial charge on any atom is 0.0654 e. The van der Waals surface area contributed by atoms with Crippen molar-refractivity contribution in [1.82, 2.24) is 0 Å². The SMILES string of the molecule is C=C/C(C)=C(\C=C/C)N=C(C)C. The van der Waals surface area contributed by atoms with Crippen LogP contribution in [0.3, 0.4) is 0 Å². The van der Waals surface area contributed by atoms with Gasteiger partial charge in [0.1, 0.15) is 0 Å². The van der Waals surface area contributed by atoms with Gasteiger partial charge < -0.3 is 0 Å². The van der Waals surface area contributed by atoms with Gasteiger partial charge in [-0.2, -0.15) is 0 Å². The molecule has 0 unspecified atom stereocenters. The van der Waals surface area contributed by atoms with Crippen molar-refractivity contribution in [1.29, 1.82) is 0 Å². The minimum absolute atomic E-state index is 0.993. The monoisotopic (exact) mass is 163 g/mol. The van der Waals surface area contributed by atoms with Gasteiger partial charge in [-0.25, -0.2) is 0 Å². The van der Waals surface area contributed by atoms with E-state index in [2.05, 4.69) is 11.6 Å². The number of hydrogen-bond acceptors (Lipinski definition) is 1. The average molecular weight is 163 g/mol. The van der Waals surface area contributed by atoms with Crippen molar-refractivity contribution in [3.63, 3.8) is 0 Å². The summed E-state index contributed by atoms with van der Waals surface area (Å²) in [5.41, 5.74) is 3.16. The predicted octanol–water partition coefficient (Wildman–Crippen LogP) is 3.50. The van der Waals surface area contributed by atoms with Crippen molar-refractivity contribution in [3.05, 3.63) is 36.1 Å². The van der Waals surface area contributed by atoms with E-state index in [0.29, 0.717) is 0 Å². The highest BCUT2D eigenvalue weighted by atomic mass is 14.7. The van der Waals surface area contributed by atoms with Crippen LogP contribution in [0.15, 0.2) is 41.1 Å². The molecule has 0 aliphatic rings. The molecule has 0 fully saturated rings. The highest BCUT2D eigenvalue weighted by molar-refractivity contribution is 5.80. The summed E-state index contributed by atoms with van der Waals surface area (Å²) in [4.78, 5) is 4.38. The fourth-order valence-corrected chi connectivity index (χ4v) is 0.760. The topological polar surface area (TPSA) is 12.4 Å². The molecule has 1 heteroatoms. The van der Waals surface area contributed by atoms with Crippen LogP contribution < -0.4 is 0 Å². The van der Waals surface area contributed by atoms with E-state index in [4.69, 9.17) is 0 Å². The predicted molar refractivity (Wildman–Crippen MR) is 56.5 cm³/mol. The third kappa shape index (κ3) is 3.91. The molecule has 12 heavy (non-hydrogen) atoms. The molecule has 0 atom stereocenters. The van der Waals surface area contributed by atoms with E-state index < -0.39 is 0 Å². The zero-order valence-corrected chi connectivity index (χ0v) is 8.39. The molecule has 0 spiro atoms. The first-order valence-electron chi connectivity index (χ1n) is 4.09. The lowest BCUT2D eigenvalue weighted by molar-refractivity contribution is 1.29. The van der Waals surface area contributed by atoms with Gasteiger partial charge in [0.15, 0.2) is 0 Å². The summed E-state index contributed by atoms with van der Waals surface area (Å²) in [6, 6.07) is 0. The Bertz CT molecular complexity index is 238. The molecular formula is C11H17N. The molecule has 0 aromatic rings. The fraction of sp³-hybridized carbons (Fsp3) is 0.364. The second kappa shape index (κ2) is 5.53. The lowest BCUT2D eigenvalue weighted by Crippen LogP contribution is -1.85. The fourth-order valence-electron chi connectivity index (χ4n) is 0.760. The van der Waals surface area contributed by atoms with Gasteiger partial charge in [-0.15, -0.1) is 0 Å². The summed E-state index contributed by atoms with van der Waals surface area (Å²) in [7, 11) is 0. The van der Waals surface area contributed by atoms with Crippen LogP contribution in [0.2, 0.25) is 0 Å². The number of allylic oxidation sites excluding steroid dienone is 4. The van der Waals surface area contributed by atoms with Gasteiger partial charge in [0.25, 0.3) is 0 Å². The van der Waals surface area contributed by atoms with Crippen LogP contribution in [-0.2, 0) is 0 Å². The third-order valence-corrected chi connectivity index (χ3v) is 1.38. The lowest BCUT2D eigenvalue weighted by Gasteiger charge is -1.98. The van der Waals surface area contributed by atoms with Gasteiger partial charge in [-0.1, -0.05) is 18.7 Å². The number of rotatable bonds is 3. The third-order valence-electron chi connectivity index (χ3n) is 1.38. The van der Waals surface area contributed by atoms with Crippen LogP contribution in [0.4, 0.5) is 0 Å². The van der Waals surface area contributed by atoms with E-state index in [1.54, 1.807) is 0 Å². The smallest absolute Gasteiger partial charge is 0.0654 e. The zero-order chi connectivity index (χ0) is 9.56. The normalized spacial score (nSPS) is 12.7. The van der Waals surface area contributed by atoms with Gasteiger partial charge in [-0.05, 0) is 39.3 Å². The van der Waals surface area contributed by atoms with E-state index in [-0.39, 0.29) is 0 Å². The van der Waals surface area contributed by atoms with Crippen molar-refractivity contribution in [2.45, 2.75) is 27.7 Å². The van der Waals surface area contributed by atoms with Crippen LogP contribution in [0.25, 0.3) is 0 Å². The first-order chi connectivity index (χ1) is 5.61. The molecule has 0 saturated heterocycles. The summed E-state index contributed by atoms with van der Waals surface area (Å²) in [6.07, 6.45) is 5.79. The molecular weight excluding hydrogens is 146 g/mol. The standard InChI is InChI=1S/C11H17N/c1-6-8-11(10(5)7-2)12-9(3)4/h6-8H,2H2,1,3-5H3/b8-6-,11-10+. The average Bonchev–Trinajstić information content (AvgIpc) is 2.01. The molecule has 0 radical (unpaired) electrons. The van der Waals surface area contributed by atoms with E-state index in [1.165, 1.54) is 0 Å². The van der Waals surface area contributed by atoms with Crippen molar-refractivity contribution in [3.8, 4) is 0 Å². The molecule has 0 amide bonds. The molecule has 0 bridgehead atoms. The molecule has 0 heterocycles. The summed E-state index contributed by atoms with van der Waals surface area (Å²) in [6.45, 7) is 11.7. The van der Waals surface area contributed by atoms with E-state index in [1.807, 2.05) is 45.9 Å². The quantitative estimate of drug-likeness (QED) is 0.446. The highest BCUT2D eigenvalue weighted by Gasteiger charge is 1.92. The van der Waals surface area contributed by atoms with E-state index in [9.17, 15) is 0 Å². The lowest BCUT2D eigenvalue weighted by atomic mass is 10.2. The number of nitrogens with zero attached hydrogens (tertiary/aromatic N) is 1. The van der Waals surface area contributed by atoms with Crippen molar-refractivity contribution >= 4 is 5.71 Å². The largest absolute Gasteiger partial charge is 0.258 e. The summed E-state index contributed by atoms with van der Waals surface area (Å²) >= 11 is 0. The zero-order valence-electron chi connectivity index (χ0n) is 8.39. The van der Waals surface area contributed by atoms with Gasteiger partial charge >= 0.3 is 0 Å². The summed E-state index contributed by atoms with van der Waals surface area (Å²) < 4.78 is 0. The van der Waals surface area contributed by atoms with Crippen molar-refractivity contribution in [2.24, 2.45) is 4.99 Å². The van der Waals surface area contributed by atoms with Crippen molar-refractivity contribution < 1.29 is 0 Å². The Kier molecular flexibility index (Phi) is 5.02. The first-order valence-corrected chi connectivity index (χ1v) is 4.09. The van der Waals surface area contributed by atoms with E-state index in [0.717, 1.165) is 17.0 Å². The molecule has 0 rings (SSSR count). The van der Waals surface area contributed by atoms with E-state index >= 15 is 0 Å². The van der Waals surface area contributed by atoms with Gasteiger partial charge in [-0.3, -0.25) is 4.99 Å². The summed E-state index contributed by atoms with van der Waals surface area (Å²) in [5, 5.41) is 0. The molecule has 0 aromatic carbocycles. The maximum atomic E-state index is 4.38. The van der Waals surface area contributed by atoms with Crippen LogP contribution >= 0.6 is 0 Å². The summed E-state index contributed by atoms with van der Waals surface area (Å²) in [5.74, 6) is 0. The molecule has 0 saturated carbocycles. The first kappa shape index (κ1) is 10.9. The number of hydrogen-bond donors (Lipinski definition) is 0. The molecule has 66 valence electrons. The minimum atomic E-state index is 0.993. The second-order valence-electron chi connectivity index (χ2n) is 2.83. The second-order valence-corrected chi connectivity index (χ2v) is 2.83. The minimum Gasteiger partial charge on any atom is -0.258 e. The van der Waals surface area contributed by atoms with Crippen LogP contribution in [0.1, 0.15) is 27.7 Å².